The summed E-state index contributed by atoms with van der Waals surface area (Å²) >= 11 is 5.41. The van der Waals surface area contributed by atoms with Crippen LogP contribution in [0.4, 0.5) is 10.5 Å². The summed E-state index contributed by atoms with van der Waals surface area (Å²) in [7, 11) is 0. The van der Waals surface area contributed by atoms with Crippen molar-refractivity contribution < 1.29 is 14.3 Å². The van der Waals surface area contributed by atoms with Crippen LogP contribution in [0.25, 0.3) is 0 Å². The second-order valence-corrected chi connectivity index (χ2v) is 3.59. The number of hydrogen-bond donors (Lipinski definition) is 2. The average molecular weight is 257 g/mol. The molecular formula is C11H13ClN2O3. The molecule has 17 heavy (non-hydrogen) atoms. The Labute approximate surface area is 104 Å². The normalized spacial score (nSPS) is 9.53. The zero-order valence-corrected chi connectivity index (χ0v) is 10.1. The zero-order valence-electron chi connectivity index (χ0n) is 9.33. The summed E-state index contributed by atoms with van der Waals surface area (Å²) in [6, 6.07) is 6.47. The second-order valence-electron chi connectivity index (χ2n) is 3.21. The molecule has 0 aliphatic heterocycles. The van der Waals surface area contributed by atoms with E-state index >= 15 is 0 Å². The molecule has 2 amide bonds. The maximum atomic E-state index is 11.2. The van der Waals surface area contributed by atoms with Gasteiger partial charge in [-0.1, -0.05) is 0 Å². The first-order valence-corrected chi connectivity index (χ1v) is 5.54. The summed E-state index contributed by atoms with van der Waals surface area (Å²) in [4.78, 5) is 21.9. The van der Waals surface area contributed by atoms with Crippen molar-refractivity contribution in [1.82, 2.24) is 5.32 Å². The third kappa shape index (κ3) is 5.21. The first-order chi connectivity index (χ1) is 8.11. The van der Waals surface area contributed by atoms with Gasteiger partial charge in [-0.15, -0.1) is 11.6 Å². The largest absolute Gasteiger partial charge is 0.412 e. The van der Waals surface area contributed by atoms with Gasteiger partial charge in [0.05, 0.1) is 0 Å². The van der Waals surface area contributed by atoms with Gasteiger partial charge in [0, 0.05) is 25.0 Å². The molecule has 92 valence electrons. The van der Waals surface area contributed by atoms with Crippen LogP contribution in [0, 0.1) is 0 Å². The number of carbonyl (C=O) groups is 2. The summed E-state index contributed by atoms with van der Waals surface area (Å²) in [5.74, 6) is 0.570. The minimum absolute atomic E-state index is 0.154. The molecule has 6 heteroatoms. The number of rotatable bonds is 4. The third-order valence-electron chi connectivity index (χ3n) is 1.75. The molecule has 0 unspecified atom stereocenters. The van der Waals surface area contributed by atoms with Crippen LogP contribution in [0.1, 0.15) is 6.92 Å². The van der Waals surface area contributed by atoms with Gasteiger partial charge in [-0.3, -0.25) is 4.79 Å². The second kappa shape index (κ2) is 6.75. The van der Waals surface area contributed by atoms with E-state index in [1.54, 1.807) is 24.3 Å². The topological polar surface area (TPSA) is 67.4 Å². The minimum atomic E-state index is -0.557. The van der Waals surface area contributed by atoms with Crippen molar-refractivity contribution in [2.45, 2.75) is 6.92 Å². The molecule has 0 aliphatic rings. The van der Waals surface area contributed by atoms with Gasteiger partial charge in [0.25, 0.3) is 0 Å². The number of alkyl halides is 1. The SMILES string of the molecule is CC(=O)Nc1ccc(OC(=O)NCCCl)cc1. The lowest BCUT2D eigenvalue weighted by atomic mass is 10.3. The molecule has 1 aromatic carbocycles. The fourth-order valence-corrected chi connectivity index (χ4v) is 1.20. The van der Waals surface area contributed by atoms with Gasteiger partial charge in [-0.05, 0) is 24.3 Å². The van der Waals surface area contributed by atoms with Crippen molar-refractivity contribution in [3.63, 3.8) is 0 Å². The molecule has 1 aromatic rings. The van der Waals surface area contributed by atoms with Gasteiger partial charge in [0.1, 0.15) is 5.75 Å². The van der Waals surface area contributed by atoms with E-state index in [0.717, 1.165) is 0 Å². The molecule has 2 N–H and O–H groups in total. The predicted molar refractivity (Wildman–Crippen MR) is 65.5 cm³/mol. The van der Waals surface area contributed by atoms with E-state index in [4.69, 9.17) is 16.3 Å². The highest BCUT2D eigenvalue weighted by molar-refractivity contribution is 6.18. The maximum Gasteiger partial charge on any atom is 0.412 e. The smallest absolute Gasteiger partial charge is 0.410 e. The highest BCUT2D eigenvalue weighted by Gasteiger charge is 2.03. The summed E-state index contributed by atoms with van der Waals surface area (Å²) in [5, 5.41) is 5.07. The van der Waals surface area contributed by atoms with Crippen molar-refractivity contribution in [1.29, 1.82) is 0 Å². The molecule has 0 radical (unpaired) electrons. The van der Waals surface area contributed by atoms with Crippen molar-refractivity contribution >= 4 is 29.3 Å². The molecule has 1 rings (SSSR count). The Hall–Kier alpha value is -1.75. The van der Waals surface area contributed by atoms with E-state index < -0.39 is 6.09 Å². The summed E-state index contributed by atoms with van der Waals surface area (Å²) < 4.78 is 4.96. The summed E-state index contributed by atoms with van der Waals surface area (Å²) in [6.45, 7) is 1.77. The molecule has 0 saturated carbocycles. The first kappa shape index (κ1) is 13.3. The molecule has 0 fully saturated rings. The standard InChI is InChI=1S/C11H13ClN2O3/c1-8(15)14-9-2-4-10(5-3-9)17-11(16)13-7-6-12/h2-5H,6-7H2,1H3,(H,13,16)(H,14,15). The minimum Gasteiger partial charge on any atom is -0.410 e. The van der Waals surface area contributed by atoms with Gasteiger partial charge >= 0.3 is 6.09 Å². The van der Waals surface area contributed by atoms with Crippen molar-refractivity contribution in [3.05, 3.63) is 24.3 Å². The van der Waals surface area contributed by atoms with E-state index in [2.05, 4.69) is 10.6 Å². The number of carbonyl (C=O) groups excluding carboxylic acids is 2. The van der Waals surface area contributed by atoms with E-state index in [9.17, 15) is 9.59 Å². The van der Waals surface area contributed by atoms with Gasteiger partial charge in [-0.25, -0.2) is 4.79 Å². The Morgan fingerprint density at radius 2 is 1.94 bits per heavy atom. The quantitative estimate of drug-likeness (QED) is 0.810. The van der Waals surface area contributed by atoms with E-state index in [-0.39, 0.29) is 5.91 Å². The molecule has 0 bridgehead atoms. The van der Waals surface area contributed by atoms with Crippen LogP contribution >= 0.6 is 11.6 Å². The number of halogens is 1. The number of nitrogens with one attached hydrogen (secondary N) is 2. The van der Waals surface area contributed by atoms with Gasteiger partial charge in [0.15, 0.2) is 0 Å². The number of benzene rings is 1. The molecule has 5 nitrogen and oxygen atoms in total. The molecular weight excluding hydrogens is 244 g/mol. The van der Waals surface area contributed by atoms with Crippen LogP contribution in [0.2, 0.25) is 0 Å². The van der Waals surface area contributed by atoms with Crippen LogP contribution in [0.3, 0.4) is 0 Å². The highest BCUT2D eigenvalue weighted by Crippen LogP contribution is 2.15. The summed E-state index contributed by atoms with van der Waals surface area (Å²) in [6.07, 6.45) is -0.557. The van der Waals surface area contributed by atoms with Crippen LogP contribution in [-0.4, -0.2) is 24.4 Å². The molecule has 0 aliphatic carbocycles. The number of anilines is 1. The van der Waals surface area contributed by atoms with Crippen molar-refractivity contribution in [2.75, 3.05) is 17.7 Å². The van der Waals surface area contributed by atoms with Crippen molar-refractivity contribution in [2.24, 2.45) is 0 Å². The van der Waals surface area contributed by atoms with Crippen LogP contribution in [-0.2, 0) is 4.79 Å². The van der Waals surface area contributed by atoms with Gasteiger partial charge in [-0.2, -0.15) is 0 Å². The lowest BCUT2D eigenvalue weighted by Crippen LogP contribution is -2.28. The molecule has 0 heterocycles. The lowest BCUT2D eigenvalue weighted by molar-refractivity contribution is -0.114. The first-order valence-electron chi connectivity index (χ1n) is 5.01. The number of hydrogen-bond acceptors (Lipinski definition) is 3. The monoisotopic (exact) mass is 256 g/mol. The fourth-order valence-electron chi connectivity index (χ4n) is 1.10. The molecule has 0 aromatic heterocycles. The van der Waals surface area contributed by atoms with Crippen LogP contribution < -0.4 is 15.4 Å². The molecule has 0 saturated heterocycles. The Morgan fingerprint density at radius 3 is 2.47 bits per heavy atom. The molecule has 0 spiro atoms. The predicted octanol–water partition coefficient (Wildman–Crippen LogP) is 1.97. The van der Waals surface area contributed by atoms with Crippen molar-refractivity contribution in [3.8, 4) is 5.75 Å². The lowest BCUT2D eigenvalue weighted by Gasteiger charge is -2.06. The Kier molecular flexibility index (Phi) is 5.29. The van der Waals surface area contributed by atoms with Crippen LogP contribution in [0.5, 0.6) is 5.75 Å². The summed E-state index contributed by atoms with van der Waals surface area (Å²) in [5.41, 5.74) is 0.644. The number of ether oxygens (including phenoxy) is 1. The Morgan fingerprint density at radius 1 is 1.29 bits per heavy atom. The highest BCUT2D eigenvalue weighted by atomic mass is 35.5. The Balaban J connectivity index is 2.50. The zero-order chi connectivity index (χ0) is 12.7. The molecule has 0 atom stereocenters. The third-order valence-corrected chi connectivity index (χ3v) is 1.94. The Bertz CT molecular complexity index is 392. The number of amides is 2. The van der Waals surface area contributed by atoms with E-state index in [1.807, 2.05) is 0 Å². The van der Waals surface area contributed by atoms with Gasteiger partial charge in [0.2, 0.25) is 5.91 Å². The van der Waals surface area contributed by atoms with Gasteiger partial charge < -0.3 is 15.4 Å². The van der Waals surface area contributed by atoms with Crippen LogP contribution in [0.15, 0.2) is 24.3 Å². The average Bonchev–Trinajstić information content (AvgIpc) is 2.28. The fraction of sp³-hybridized carbons (Fsp3) is 0.273. The maximum absolute atomic E-state index is 11.2. The van der Waals surface area contributed by atoms with E-state index in [0.29, 0.717) is 23.9 Å². The van der Waals surface area contributed by atoms with E-state index in [1.165, 1.54) is 6.92 Å².